The molecule has 284 valence electrons. The Balaban J connectivity index is 1.77. The van der Waals surface area contributed by atoms with Crippen molar-refractivity contribution in [3.05, 3.63) is 12.2 Å². The normalized spacial score (nSPS) is 30.3. The average Bonchev–Trinajstić information content (AvgIpc) is 3.05. The van der Waals surface area contributed by atoms with Crippen molar-refractivity contribution in [2.75, 3.05) is 19.8 Å². The molecule has 0 saturated carbocycles. The molecule has 0 aromatic rings. The predicted octanol–water partition coefficient (Wildman–Crippen LogP) is 1.87. The molecule has 0 unspecified atom stereocenters. The summed E-state index contributed by atoms with van der Waals surface area (Å²) in [4.78, 5) is 33.1. The van der Waals surface area contributed by atoms with Crippen molar-refractivity contribution in [1.82, 2.24) is 0 Å². The number of hydrogen-bond acceptors (Lipinski definition) is 14. The van der Waals surface area contributed by atoms with Crippen LogP contribution >= 0.6 is 0 Å². The minimum atomic E-state index is -1.77. The van der Waals surface area contributed by atoms with E-state index in [2.05, 4.69) is 12.2 Å². The topological polar surface area (TPSA) is 228 Å². The van der Waals surface area contributed by atoms with E-state index < -0.39 is 85.9 Å². The first-order valence-electron chi connectivity index (χ1n) is 17.5. The zero-order valence-corrected chi connectivity index (χ0v) is 28.8. The summed E-state index contributed by atoms with van der Waals surface area (Å²) in [5.41, 5.74) is 0. The molecule has 49 heavy (non-hydrogen) atoms. The van der Waals surface area contributed by atoms with Crippen molar-refractivity contribution in [2.24, 2.45) is 0 Å². The Morgan fingerprint density at radius 1 is 0.592 bits per heavy atom. The van der Waals surface area contributed by atoms with Crippen LogP contribution in [0.2, 0.25) is 0 Å². The van der Waals surface area contributed by atoms with E-state index in [4.69, 9.17) is 33.5 Å². The highest BCUT2D eigenvalue weighted by Gasteiger charge is 2.51. The summed E-state index contributed by atoms with van der Waals surface area (Å²) in [7, 11) is 0. The van der Waals surface area contributed by atoms with Gasteiger partial charge < -0.3 is 59.1 Å². The molecule has 2 heterocycles. The molecule has 0 aliphatic carbocycles. The predicted molar refractivity (Wildman–Crippen MR) is 173 cm³/mol. The largest absolute Gasteiger partial charge is 0.481 e. The third-order valence-corrected chi connectivity index (χ3v) is 8.48. The zero-order valence-electron chi connectivity index (χ0n) is 28.8. The second-order valence-electron chi connectivity index (χ2n) is 12.7. The van der Waals surface area contributed by atoms with Crippen molar-refractivity contribution < 1.29 is 73.4 Å². The molecule has 2 fully saturated rings. The van der Waals surface area contributed by atoms with Gasteiger partial charge in [0, 0.05) is 26.9 Å². The molecular weight excluding hydrogens is 648 g/mol. The molecule has 10 atom stereocenters. The highest BCUT2D eigenvalue weighted by molar-refractivity contribution is 5.66. The van der Waals surface area contributed by atoms with Crippen LogP contribution in [0.15, 0.2) is 12.2 Å². The van der Waals surface area contributed by atoms with Crippen molar-refractivity contribution in [3.63, 3.8) is 0 Å². The number of carboxylic acids is 1. The van der Waals surface area contributed by atoms with Gasteiger partial charge in [0.25, 0.3) is 0 Å². The number of carboxylic acid groups (broad SMARTS) is 1. The van der Waals surface area contributed by atoms with Crippen molar-refractivity contribution in [3.8, 4) is 0 Å². The van der Waals surface area contributed by atoms with E-state index in [1.165, 1.54) is 6.92 Å². The Morgan fingerprint density at radius 3 is 1.59 bits per heavy atom. The molecular formula is C34H58O15. The van der Waals surface area contributed by atoms with Gasteiger partial charge in [0.1, 0.15) is 62.0 Å². The standard InChI is InChI=1S/C34H58O15/c1-22(35)45-20-24-27(39)29(41)31(43)33(47-24)49-32-30(42)28(40)25(21-46-23(2)36)48-34(32)44-19-17-15-13-11-9-7-5-3-4-6-8-10-12-14-16-18-26(37)38/h3-4,24-25,27-34,39-43H,5-21H2,1-2H3,(H,37,38)/b4-3-/t24-,25-,27-,28-,29+,30+,31-,32-,33+,34-/m1/s1. The summed E-state index contributed by atoms with van der Waals surface area (Å²) in [6.45, 7) is 1.76. The number of allylic oxidation sites excluding steroid dienone is 2. The van der Waals surface area contributed by atoms with E-state index in [-0.39, 0.29) is 19.6 Å². The van der Waals surface area contributed by atoms with Crippen LogP contribution in [0, 0.1) is 0 Å². The molecule has 0 amide bonds. The number of esters is 2. The van der Waals surface area contributed by atoms with Gasteiger partial charge in [-0.3, -0.25) is 14.4 Å². The molecule has 2 rings (SSSR count). The SMILES string of the molecule is CC(=O)OC[C@H]1O[C@@H](O[C@H]2[C@H](OCCCCCCCC/C=C\CCCCCCCC(=O)O)O[C@H](COC(C)=O)[C@@H](O)[C@@H]2O)[C@H](O)[C@@H](O)[C@@H]1O. The first-order chi connectivity index (χ1) is 23.4. The Hall–Kier alpha value is -2.21. The fraction of sp³-hybridized carbons (Fsp3) is 0.853. The number of unbranched alkanes of at least 4 members (excludes halogenated alkanes) is 11. The maximum atomic E-state index is 11.3. The van der Waals surface area contributed by atoms with Gasteiger partial charge in [0.05, 0.1) is 0 Å². The number of ether oxygens (including phenoxy) is 6. The van der Waals surface area contributed by atoms with Gasteiger partial charge in [0.2, 0.25) is 0 Å². The Labute approximate surface area is 288 Å². The van der Waals surface area contributed by atoms with E-state index in [0.717, 1.165) is 84.0 Å². The van der Waals surface area contributed by atoms with Crippen molar-refractivity contribution in [1.29, 1.82) is 0 Å². The zero-order chi connectivity index (χ0) is 36.2. The Kier molecular flexibility index (Phi) is 21.1. The molecule has 0 bridgehead atoms. The lowest BCUT2D eigenvalue weighted by Crippen LogP contribution is -2.64. The first kappa shape index (κ1) is 43.0. The summed E-state index contributed by atoms with van der Waals surface area (Å²) < 4.78 is 32.9. The molecule has 2 saturated heterocycles. The number of aliphatic carboxylic acids is 1. The van der Waals surface area contributed by atoms with Gasteiger partial charge in [-0.25, -0.2) is 0 Å². The Morgan fingerprint density at radius 2 is 1.06 bits per heavy atom. The highest BCUT2D eigenvalue weighted by Crippen LogP contribution is 2.30. The van der Waals surface area contributed by atoms with Crippen LogP contribution in [0.3, 0.4) is 0 Å². The maximum Gasteiger partial charge on any atom is 0.303 e. The van der Waals surface area contributed by atoms with E-state index in [1.807, 2.05) is 0 Å². The minimum absolute atomic E-state index is 0.209. The summed E-state index contributed by atoms with van der Waals surface area (Å²) >= 11 is 0. The monoisotopic (exact) mass is 706 g/mol. The van der Waals surface area contributed by atoms with Crippen LogP contribution in [-0.4, -0.2) is 130 Å². The van der Waals surface area contributed by atoms with Gasteiger partial charge in [-0.2, -0.15) is 0 Å². The van der Waals surface area contributed by atoms with Crippen LogP contribution in [0.4, 0.5) is 0 Å². The molecule has 2 aliphatic heterocycles. The fourth-order valence-electron chi connectivity index (χ4n) is 5.62. The van der Waals surface area contributed by atoms with Gasteiger partial charge >= 0.3 is 17.9 Å². The quantitative estimate of drug-likeness (QED) is 0.0478. The lowest BCUT2D eigenvalue weighted by Gasteiger charge is -2.46. The van der Waals surface area contributed by atoms with Crippen molar-refractivity contribution >= 4 is 17.9 Å². The third-order valence-electron chi connectivity index (χ3n) is 8.48. The number of hydrogen-bond donors (Lipinski definition) is 6. The van der Waals surface area contributed by atoms with E-state index >= 15 is 0 Å². The molecule has 6 N–H and O–H groups in total. The first-order valence-corrected chi connectivity index (χ1v) is 17.5. The van der Waals surface area contributed by atoms with Gasteiger partial charge in [-0.15, -0.1) is 0 Å². The molecule has 0 radical (unpaired) electrons. The fourth-order valence-corrected chi connectivity index (χ4v) is 5.62. The lowest BCUT2D eigenvalue weighted by atomic mass is 9.97. The van der Waals surface area contributed by atoms with Gasteiger partial charge in [-0.05, 0) is 38.5 Å². The molecule has 0 aromatic heterocycles. The van der Waals surface area contributed by atoms with Crippen molar-refractivity contribution in [2.45, 2.75) is 165 Å². The van der Waals surface area contributed by atoms with Crippen LogP contribution in [0.25, 0.3) is 0 Å². The van der Waals surface area contributed by atoms with Crippen LogP contribution in [-0.2, 0) is 42.8 Å². The summed E-state index contributed by atoms with van der Waals surface area (Å²) in [6.07, 6.45) is 2.55. The van der Waals surface area contributed by atoms with Crippen LogP contribution < -0.4 is 0 Å². The van der Waals surface area contributed by atoms with Crippen LogP contribution in [0.1, 0.15) is 104 Å². The van der Waals surface area contributed by atoms with Gasteiger partial charge in [-0.1, -0.05) is 57.1 Å². The summed E-state index contributed by atoms with van der Waals surface area (Å²) in [6, 6.07) is 0. The van der Waals surface area contributed by atoms with E-state index in [0.29, 0.717) is 6.42 Å². The lowest BCUT2D eigenvalue weighted by molar-refractivity contribution is -0.367. The number of aliphatic hydroxyl groups excluding tert-OH is 5. The molecule has 2 aliphatic rings. The molecule has 15 heteroatoms. The second-order valence-corrected chi connectivity index (χ2v) is 12.7. The summed E-state index contributed by atoms with van der Waals surface area (Å²) in [5.74, 6) is -1.99. The number of aliphatic hydroxyl groups is 5. The van der Waals surface area contributed by atoms with E-state index in [9.17, 15) is 39.9 Å². The summed E-state index contributed by atoms with van der Waals surface area (Å²) in [5, 5.41) is 61.5. The minimum Gasteiger partial charge on any atom is -0.481 e. The van der Waals surface area contributed by atoms with E-state index in [1.54, 1.807) is 0 Å². The molecule has 0 spiro atoms. The molecule has 15 nitrogen and oxygen atoms in total. The molecule has 0 aromatic carbocycles. The number of carbonyl (C=O) groups is 3. The highest BCUT2D eigenvalue weighted by atomic mass is 16.8. The number of carbonyl (C=O) groups excluding carboxylic acids is 2. The third kappa shape index (κ3) is 16.6. The van der Waals surface area contributed by atoms with Crippen LogP contribution in [0.5, 0.6) is 0 Å². The maximum absolute atomic E-state index is 11.3. The smallest absolute Gasteiger partial charge is 0.303 e. The Bertz CT molecular complexity index is 977. The second kappa shape index (κ2) is 24.1. The number of rotatable bonds is 24. The van der Waals surface area contributed by atoms with Gasteiger partial charge in [0.15, 0.2) is 12.6 Å². The average molecular weight is 707 g/mol.